The summed E-state index contributed by atoms with van der Waals surface area (Å²) in [6.45, 7) is 3.84. The first-order valence-corrected chi connectivity index (χ1v) is 9.93. The molecule has 0 amide bonds. The molecule has 0 aromatic carbocycles. The van der Waals surface area contributed by atoms with Gasteiger partial charge in [0.15, 0.2) is 5.96 Å². The van der Waals surface area contributed by atoms with E-state index < -0.39 is 10.0 Å². The lowest BCUT2D eigenvalue weighted by Crippen LogP contribution is -2.41. The third-order valence-corrected chi connectivity index (χ3v) is 5.80. The molecule has 2 aromatic rings. The minimum Gasteiger partial charge on any atom is -0.357 e. The van der Waals surface area contributed by atoms with Crippen LogP contribution in [0.1, 0.15) is 12.6 Å². The molecule has 0 saturated carbocycles. The number of halogens is 1. The molecule has 3 N–H and O–H groups in total. The molecule has 0 spiro atoms. The molecule has 138 valence electrons. The van der Waals surface area contributed by atoms with E-state index in [1.54, 1.807) is 23.7 Å². The molecule has 0 aliphatic rings. The van der Waals surface area contributed by atoms with Crippen LogP contribution in [0.5, 0.6) is 0 Å². The summed E-state index contributed by atoms with van der Waals surface area (Å²) in [4.78, 5) is 8.64. The third kappa shape index (κ3) is 7.67. The van der Waals surface area contributed by atoms with Crippen LogP contribution in [-0.4, -0.2) is 39.0 Å². The SMILES string of the molecule is CCNC(=NCc1ccccn1)NCCNS(=O)(=O)c1cccs1.I. The molecule has 0 unspecified atom stereocenters. The van der Waals surface area contributed by atoms with Gasteiger partial charge in [-0.2, -0.15) is 0 Å². The van der Waals surface area contributed by atoms with Gasteiger partial charge >= 0.3 is 0 Å². The van der Waals surface area contributed by atoms with Gasteiger partial charge in [0.2, 0.25) is 10.0 Å². The van der Waals surface area contributed by atoms with Crippen molar-refractivity contribution in [2.45, 2.75) is 17.7 Å². The number of nitrogens with one attached hydrogen (secondary N) is 3. The Morgan fingerprint density at radius 1 is 1.20 bits per heavy atom. The van der Waals surface area contributed by atoms with Gasteiger partial charge in [0.1, 0.15) is 4.21 Å². The summed E-state index contributed by atoms with van der Waals surface area (Å²) in [6, 6.07) is 8.97. The van der Waals surface area contributed by atoms with Crippen molar-refractivity contribution in [3.63, 3.8) is 0 Å². The molecule has 2 heterocycles. The first-order chi connectivity index (χ1) is 11.6. The van der Waals surface area contributed by atoms with Gasteiger partial charge in [-0.3, -0.25) is 4.98 Å². The Bertz CT molecular complexity index is 737. The highest BCUT2D eigenvalue weighted by molar-refractivity contribution is 14.0. The van der Waals surface area contributed by atoms with Crippen LogP contribution in [-0.2, 0) is 16.6 Å². The first kappa shape index (κ1) is 21.8. The summed E-state index contributed by atoms with van der Waals surface area (Å²) in [5, 5.41) is 7.95. The molecule has 0 fully saturated rings. The van der Waals surface area contributed by atoms with Crippen LogP contribution in [0.4, 0.5) is 0 Å². The van der Waals surface area contributed by atoms with Crippen LogP contribution >= 0.6 is 35.3 Å². The van der Waals surface area contributed by atoms with E-state index in [4.69, 9.17) is 0 Å². The van der Waals surface area contributed by atoms with Gasteiger partial charge in [-0.05, 0) is 30.5 Å². The normalized spacial score (nSPS) is 11.6. The van der Waals surface area contributed by atoms with Crippen molar-refractivity contribution >= 4 is 51.3 Å². The summed E-state index contributed by atoms with van der Waals surface area (Å²) in [6.07, 6.45) is 1.73. The maximum atomic E-state index is 12.0. The Labute approximate surface area is 169 Å². The number of thiophene rings is 1. The van der Waals surface area contributed by atoms with Gasteiger partial charge in [0.25, 0.3) is 0 Å². The quantitative estimate of drug-likeness (QED) is 0.225. The predicted octanol–water partition coefficient (Wildman–Crippen LogP) is 1.79. The second kappa shape index (κ2) is 11.4. The highest BCUT2D eigenvalue weighted by atomic mass is 127. The average molecular weight is 495 g/mol. The van der Waals surface area contributed by atoms with Gasteiger partial charge in [0.05, 0.1) is 12.2 Å². The number of guanidine groups is 1. The molecule has 25 heavy (non-hydrogen) atoms. The zero-order chi connectivity index (χ0) is 17.3. The van der Waals surface area contributed by atoms with E-state index in [1.807, 2.05) is 25.1 Å². The molecule has 0 bridgehead atoms. The minimum absolute atomic E-state index is 0. The number of hydrogen-bond acceptors (Lipinski definition) is 5. The monoisotopic (exact) mass is 495 g/mol. The first-order valence-electron chi connectivity index (χ1n) is 7.57. The molecular formula is C15H22IN5O2S2. The lowest BCUT2D eigenvalue weighted by molar-refractivity contribution is 0.582. The number of aromatic nitrogens is 1. The van der Waals surface area contributed by atoms with Crippen LogP contribution in [0.3, 0.4) is 0 Å². The van der Waals surface area contributed by atoms with Crippen LogP contribution in [0.25, 0.3) is 0 Å². The van der Waals surface area contributed by atoms with E-state index in [1.165, 1.54) is 11.3 Å². The maximum Gasteiger partial charge on any atom is 0.250 e. The summed E-state index contributed by atoms with van der Waals surface area (Å²) in [7, 11) is -3.42. The molecule has 2 aromatic heterocycles. The Kier molecular flexibility index (Phi) is 9.93. The fourth-order valence-corrected chi connectivity index (χ4v) is 3.92. The number of aliphatic imine (C=N–C) groups is 1. The van der Waals surface area contributed by atoms with E-state index in [9.17, 15) is 8.42 Å². The standard InChI is InChI=1S/C15H21N5O2S2.HI/c1-2-16-15(19-12-13-6-3-4-8-17-13)18-9-10-20-24(21,22)14-7-5-11-23-14;/h3-8,11,20H,2,9-10,12H2,1H3,(H2,16,18,19);1H. The van der Waals surface area contributed by atoms with E-state index in [0.29, 0.717) is 23.3 Å². The molecule has 7 nitrogen and oxygen atoms in total. The third-order valence-electron chi connectivity index (χ3n) is 2.94. The Hall–Kier alpha value is -1.24. The maximum absolute atomic E-state index is 12.0. The van der Waals surface area contributed by atoms with Gasteiger partial charge < -0.3 is 10.6 Å². The van der Waals surface area contributed by atoms with E-state index in [2.05, 4.69) is 25.3 Å². The van der Waals surface area contributed by atoms with E-state index in [0.717, 1.165) is 12.2 Å². The van der Waals surface area contributed by atoms with Gasteiger partial charge in [-0.25, -0.2) is 18.1 Å². The summed E-state index contributed by atoms with van der Waals surface area (Å²) >= 11 is 1.19. The van der Waals surface area contributed by atoms with Crippen LogP contribution in [0.15, 0.2) is 51.1 Å². The second-order valence-corrected chi connectivity index (χ2v) is 7.71. The van der Waals surface area contributed by atoms with E-state index >= 15 is 0 Å². The van der Waals surface area contributed by atoms with Crippen molar-refractivity contribution in [2.75, 3.05) is 19.6 Å². The molecular weight excluding hydrogens is 473 g/mol. The highest BCUT2D eigenvalue weighted by Crippen LogP contribution is 2.14. The Morgan fingerprint density at radius 2 is 2.04 bits per heavy atom. The second-order valence-electron chi connectivity index (χ2n) is 4.77. The summed E-state index contributed by atoms with van der Waals surface area (Å²) in [5.41, 5.74) is 0.869. The van der Waals surface area contributed by atoms with Crippen molar-refractivity contribution in [1.29, 1.82) is 0 Å². The zero-order valence-corrected chi connectivity index (χ0v) is 17.8. The van der Waals surface area contributed by atoms with Crippen molar-refractivity contribution in [2.24, 2.45) is 4.99 Å². The predicted molar refractivity (Wildman–Crippen MR) is 112 cm³/mol. The van der Waals surface area contributed by atoms with Crippen molar-refractivity contribution in [3.8, 4) is 0 Å². The number of nitrogens with zero attached hydrogens (tertiary/aromatic N) is 2. The van der Waals surface area contributed by atoms with Crippen LogP contribution in [0.2, 0.25) is 0 Å². The van der Waals surface area contributed by atoms with Gasteiger partial charge in [-0.15, -0.1) is 35.3 Å². The molecule has 2 rings (SSSR count). The fraction of sp³-hybridized carbons (Fsp3) is 0.333. The Morgan fingerprint density at radius 3 is 2.68 bits per heavy atom. The number of rotatable bonds is 8. The van der Waals surface area contributed by atoms with Gasteiger partial charge in [-0.1, -0.05) is 12.1 Å². The smallest absolute Gasteiger partial charge is 0.250 e. The molecule has 10 heteroatoms. The van der Waals surface area contributed by atoms with Crippen molar-refractivity contribution in [3.05, 3.63) is 47.6 Å². The topological polar surface area (TPSA) is 95.5 Å². The molecule has 0 saturated heterocycles. The molecule has 0 atom stereocenters. The Balaban J connectivity index is 0.00000312. The highest BCUT2D eigenvalue weighted by Gasteiger charge is 2.13. The van der Waals surface area contributed by atoms with Crippen molar-refractivity contribution < 1.29 is 8.42 Å². The average Bonchev–Trinajstić information content (AvgIpc) is 3.13. The largest absolute Gasteiger partial charge is 0.357 e. The van der Waals surface area contributed by atoms with E-state index in [-0.39, 0.29) is 30.5 Å². The number of pyridine rings is 1. The fourth-order valence-electron chi connectivity index (χ4n) is 1.85. The van der Waals surface area contributed by atoms with Crippen LogP contribution in [0, 0.1) is 0 Å². The lowest BCUT2D eigenvalue weighted by Gasteiger charge is -2.11. The molecule has 0 aliphatic carbocycles. The summed E-state index contributed by atoms with van der Waals surface area (Å²) < 4.78 is 26.9. The lowest BCUT2D eigenvalue weighted by atomic mass is 10.3. The zero-order valence-electron chi connectivity index (χ0n) is 13.8. The van der Waals surface area contributed by atoms with Crippen LogP contribution < -0.4 is 15.4 Å². The number of hydrogen-bond donors (Lipinski definition) is 3. The van der Waals surface area contributed by atoms with Gasteiger partial charge in [0, 0.05) is 25.8 Å². The minimum atomic E-state index is -3.42. The molecule has 0 radical (unpaired) electrons. The molecule has 0 aliphatic heterocycles. The summed E-state index contributed by atoms with van der Waals surface area (Å²) in [5.74, 6) is 0.624. The number of sulfonamides is 1. The van der Waals surface area contributed by atoms with Crippen molar-refractivity contribution in [1.82, 2.24) is 20.3 Å².